The fourth-order valence-corrected chi connectivity index (χ4v) is 1.46. The van der Waals surface area contributed by atoms with E-state index in [0.29, 0.717) is 6.61 Å². The van der Waals surface area contributed by atoms with Crippen LogP contribution in [0.25, 0.3) is 0 Å². The lowest BCUT2D eigenvalue weighted by Crippen LogP contribution is -2.49. The summed E-state index contributed by atoms with van der Waals surface area (Å²) < 4.78 is 5.73. The Morgan fingerprint density at radius 1 is 1.12 bits per heavy atom. The Balaban J connectivity index is 4.60. The third-order valence-electron chi connectivity index (χ3n) is 2.27. The zero-order valence-corrected chi connectivity index (χ0v) is 12.7. The number of Topliss-reactive ketones (excluding diaryl/α,β-unsaturated/α-hetero) is 1. The van der Waals surface area contributed by atoms with Crippen LogP contribution in [0, 0.1) is 5.41 Å². The van der Waals surface area contributed by atoms with Gasteiger partial charge in [0.15, 0.2) is 5.78 Å². The van der Waals surface area contributed by atoms with Crippen LogP contribution in [0.4, 0.5) is 0 Å². The fraction of sp³-hybridized carbons (Fsp3) is 0.929. The predicted octanol–water partition coefficient (Wildman–Crippen LogP) is 2.78. The molecule has 3 nitrogen and oxygen atoms in total. The van der Waals surface area contributed by atoms with Gasteiger partial charge in [0, 0.05) is 11.5 Å². The van der Waals surface area contributed by atoms with Crippen molar-refractivity contribution < 1.29 is 9.53 Å². The van der Waals surface area contributed by atoms with E-state index in [2.05, 4.69) is 5.32 Å². The molecule has 0 rings (SSSR count). The van der Waals surface area contributed by atoms with Gasteiger partial charge in [0.05, 0.1) is 18.2 Å². The summed E-state index contributed by atoms with van der Waals surface area (Å²) in [5, 5.41) is 3.28. The van der Waals surface area contributed by atoms with Crippen molar-refractivity contribution in [3.63, 3.8) is 0 Å². The predicted molar refractivity (Wildman–Crippen MR) is 72.2 cm³/mol. The van der Waals surface area contributed by atoms with E-state index in [1.165, 1.54) is 0 Å². The quantitative estimate of drug-likeness (QED) is 0.807. The molecule has 1 unspecified atom stereocenters. The van der Waals surface area contributed by atoms with Crippen molar-refractivity contribution in [3.8, 4) is 0 Å². The van der Waals surface area contributed by atoms with Crippen LogP contribution in [0.5, 0.6) is 0 Å². The molecule has 0 bridgehead atoms. The smallest absolute Gasteiger partial charge is 0.157 e. The number of hydrogen-bond acceptors (Lipinski definition) is 3. The maximum Gasteiger partial charge on any atom is 0.157 e. The molecule has 0 aliphatic carbocycles. The first-order valence-electron chi connectivity index (χ1n) is 6.38. The van der Waals surface area contributed by atoms with Gasteiger partial charge in [0.25, 0.3) is 0 Å². The second-order valence-corrected chi connectivity index (χ2v) is 6.91. The first kappa shape index (κ1) is 16.6. The molecule has 0 aromatic rings. The van der Waals surface area contributed by atoms with Gasteiger partial charge in [-0.05, 0) is 20.8 Å². The summed E-state index contributed by atoms with van der Waals surface area (Å²) in [5.41, 5.74) is -0.553. The Morgan fingerprint density at radius 3 is 1.88 bits per heavy atom. The molecule has 1 N–H and O–H groups in total. The van der Waals surface area contributed by atoms with Gasteiger partial charge in [0.2, 0.25) is 0 Å². The highest BCUT2D eigenvalue weighted by Gasteiger charge is 2.31. The van der Waals surface area contributed by atoms with Crippen LogP contribution in [-0.4, -0.2) is 30.1 Å². The van der Waals surface area contributed by atoms with Crippen molar-refractivity contribution in [2.24, 2.45) is 5.41 Å². The minimum atomic E-state index is -0.339. The molecule has 1 atom stereocenters. The average Bonchev–Trinajstić information content (AvgIpc) is 2.07. The highest BCUT2D eigenvalue weighted by Crippen LogP contribution is 2.18. The van der Waals surface area contributed by atoms with Crippen LogP contribution in [0.1, 0.15) is 55.4 Å². The normalized spacial score (nSPS) is 15.1. The van der Waals surface area contributed by atoms with Crippen LogP contribution in [0.15, 0.2) is 0 Å². The maximum atomic E-state index is 12.3. The van der Waals surface area contributed by atoms with Crippen LogP contribution in [0.3, 0.4) is 0 Å². The highest BCUT2D eigenvalue weighted by atomic mass is 16.5. The fourth-order valence-electron chi connectivity index (χ4n) is 1.46. The van der Waals surface area contributed by atoms with Crippen LogP contribution in [0.2, 0.25) is 0 Å². The lowest BCUT2D eigenvalue weighted by atomic mass is 9.86. The number of rotatable bonds is 5. The summed E-state index contributed by atoms with van der Waals surface area (Å²) in [6.45, 7) is 16.4. The van der Waals surface area contributed by atoms with E-state index >= 15 is 0 Å². The van der Waals surface area contributed by atoms with Gasteiger partial charge in [-0.3, -0.25) is 4.79 Å². The third kappa shape index (κ3) is 7.50. The van der Waals surface area contributed by atoms with Crippen LogP contribution >= 0.6 is 0 Å². The molecule has 0 aliphatic rings. The van der Waals surface area contributed by atoms with E-state index in [-0.39, 0.29) is 28.9 Å². The van der Waals surface area contributed by atoms with E-state index in [4.69, 9.17) is 4.74 Å². The van der Waals surface area contributed by atoms with Gasteiger partial charge in [-0.25, -0.2) is 0 Å². The minimum absolute atomic E-state index is 0.204. The van der Waals surface area contributed by atoms with Crippen LogP contribution in [-0.2, 0) is 9.53 Å². The molecule has 17 heavy (non-hydrogen) atoms. The summed E-state index contributed by atoms with van der Waals surface area (Å²) in [6, 6.07) is 0.0455. The molecule has 0 spiro atoms. The molecule has 0 aromatic heterocycles. The number of ether oxygens (including phenoxy) is 1. The lowest BCUT2D eigenvalue weighted by molar-refractivity contribution is -0.131. The van der Waals surface area contributed by atoms with Crippen LogP contribution < -0.4 is 5.32 Å². The Kier molecular flexibility index (Phi) is 5.82. The molecule has 0 aliphatic heterocycles. The van der Waals surface area contributed by atoms with Crippen molar-refractivity contribution >= 4 is 5.78 Å². The molecular formula is C14H29NO2. The summed E-state index contributed by atoms with van der Waals surface area (Å²) in [4.78, 5) is 12.3. The molecular weight excluding hydrogens is 214 g/mol. The second-order valence-electron chi connectivity index (χ2n) is 6.91. The van der Waals surface area contributed by atoms with Crippen molar-refractivity contribution in [2.75, 3.05) is 6.61 Å². The molecule has 0 saturated carbocycles. The zero-order chi connectivity index (χ0) is 13.9. The van der Waals surface area contributed by atoms with Crippen molar-refractivity contribution in [2.45, 2.75) is 73.1 Å². The van der Waals surface area contributed by atoms with E-state index in [1.807, 2.05) is 55.4 Å². The monoisotopic (exact) mass is 243 g/mol. The van der Waals surface area contributed by atoms with Gasteiger partial charge in [-0.2, -0.15) is 0 Å². The topological polar surface area (TPSA) is 38.3 Å². The standard InChI is InChI=1S/C14H29NO2/c1-10(2)15-11(9-17-14(6,7)8)12(16)13(3,4)5/h10-11,15H,9H2,1-8H3. The average molecular weight is 243 g/mol. The summed E-state index contributed by atoms with van der Waals surface area (Å²) in [5.74, 6) is 0.204. The first-order valence-corrected chi connectivity index (χ1v) is 6.38. The van der Waals surface area contributed by atoms with E-state index in [1.54, 1.807) is 0 Å². The van der Waals surface area contributed by atoms with E-state index in [0.717, 1.165) is 0 Å². The number of carbonyl (C=O) groups excluding carboxylic acids is 1. The van der Waals surface area contributed by atoms with Gasteiger partial charge in [-0.15, -0.1) is 0 Å². The van der Waals surface area contributed by atoms with Gasteiger partial charge in [0.1, 0.15) is 0 Å². The highest BCUT2D eigenvalue weighted by molar-refractivity contribution is 5.88. The molecule has 3 heteroatoms. The summed E-state index contributed by atoms with van der Waals surface area (Å²) >= 11 is 0. The van der Waals surface area contributed by atoms with Crippen molar-refractivity contribution in [1.82, 2.24) is 5.32 Å². The number of carbonyl (C=O) groups is 1. The van der Waals surface area contributed by atoms with E-state index in [9.17, 15) is 4.79 Å². The first-order chi connectivity index (χ1) is 7.43. The molecule has 0 radical (unpaired) electrons. The minimum Gasteiger partial charge on any atom is -0.374 e. The molecule has 0 aromatic carbocycles. The number of ketones is 1. The lowest BCUT2D eigenvalue weighted by Gasteiger charge is -2.29. The third-order valence-corrected chi connectivity index (χ3v) is 2.27. The SMILES string of the molecule is CC(C)NC(COC(C)(C)C)C(=O)C(C)(C)C. The van der Waals surface area contributed by atoms with E-state index < -0.39 is 0 Å². The molecule has 0 heterocycles. The number of hydrogen-bond donors (Lipinski definition) is 1. The number of nitrogens with one attached hydrogen (secondary N) is 1. The zero-order valence-electron chi connectivity index (χ0n) is 12.7. The molecule has 0 fully saturated rings. The van der Waals surface area contributed by atoms with Crippen molar-refractivity contribution in [3.05, 3.63) is 0 Å². The van der Waals surface area contributed by atoms with Gasteiger partial charge < -0.3 is 10.1 Å². The summed E-state index contributed by atoms with van der Waals surface area (Å²) in [6.07, 6.45) is 0. The second kappa shape index (κ2) is 5.96. The molecule has 102 valence electrons. The Morgan fingerprint density at radius 2 is 1.59 bits per heavy atom. The van der Waals surface area contributed by atoms with Gasteiger partial charge in [-0.1, -0.05) is 34.6 Å². The molecule has 0 amide bonds. The largest absolute Gasteiger partial charge is 0.374 e. The summed E-state index contributed by atoms with van der Waals surface area (Å²) in [7, 11) is 0. The Bertz CT molecular complexity index is 246. The maximum absolute atomic E-state index is 12.3. The Hall–Kier alpha value is -0.410. The molecule has 0 saturated heterocycles. The van der Waals surface area contributed by atoms with Gasteiger partial charge >= 0.3 is 0 Å². The Labute approximate surface area is 106 Å². The van der Waals surface area contributed by atoms with Crippen molar-refractivity contribution in [1.29, 1.82) is 0 Å².